The highest BCUT2D eigenvalue weighted by Crippen LogP contribution is 2.30. The van der Waals surface area contributed by atoms with Crippen molar-refractivity contribution in [3.8, 4) is 0 Å². The molecule has 0 saturated carbocycles. The largest absolute Gasteiger partial charge is 0.368 e. The van der Waals surface area contributed by atoms with Crippen LogP contribution in [0.2, 0.25) is 5.02 Å². The minimum Gasteiger partial charge on any atom is -0.368 e. The van der Waals surface area contributed by atoms with Gasteiger partial charge in [-0.05, 0) is 18.7 Å². The van der Waals surface area contributed by atoms with Gasteiger partial charge in [0.15, 0.2) is 0 Å². The number of anilines is 1. The molecule has 2 rings (SSSR count). The summed E-state index contributed by atoms with van der Waals surface area (Å²) >= 11 is 6.31. The second-order valence-electron chi connectivity index (χ2n) is 4.36. The molecule has 18 heavy (non-hydrogen) atoms. The predicted molar refractivity (Wildman–Crippen MR) is 74.1 cm³/mol. The molecule has 1 fully saturated rings. The maximum atomic E-state index is 11.4. The van der Waals surface area contributed by atoms with E-state index in [4.69, 9.17) is 11.6 Å². The molecule has 1 aliphatic heterocycles. The molecule has 0 radical (unpaired) electrons. The van der Waals surface area contributed by atoms with Crippen LogP contribution in [0.1, 0.15) is 12.0 Å². The Labute approximate surface area is 112 Å². The first kappa shape index (κ1) is 13.2. The average molecular weight is 268 g/mol. The van der Waals surface area contributed by atoms with Gasteiger partial charge >= 0.3 is 0 Å². The number of carbonyl (C=O) groups excluding carboxylic acids is 1. The van der Waals surface area contributed by atoms with Gasteiger partial charge in [-0.15, -0.1) is 0 Å². The summed E-state index contributed by atoms with van der Waals surface area (Å²) in [5.74, 6) is 0.111. The quantitative estimate of drug-likeness (QED) is 0.870. The van der Waals surface area contributed by atoms with Gasteiger partial charge in [0.05, 0.1) is 10.7 Å². The van der Waals surface area contributed by atoms with E-state index in [1.807, 2.05) is 19.2 Å². The molecule has 0 atom stereocenters. The molecule has 5 heteroatoms. The van der Waals surface area contributed by atoms with E-state index in [9.17, 15) is 4.79 Å². The third-order valence-electron chi connectivity index (χ3n) is 3.07. The highest BCUT2D eigenvalue weighted by molar-refractivity contribution is 6.33. The van der Waals surface area contributed by atoms with E-state index in [0.29, 0.717) is 19.5 Å². The molecule has 1 heterocycles. The number of amides is 1. The van der Waals surface area contributed by atoms with Crippen LogP contribution in [0.25, 0.3) is 0 Å². The summed E-state index contributed by atoms with van der Waals surface area (Å²) in [6, 6.07) is 5.92. The van der Waals surface area contributed by atoms with Crippen molar-refractivity contribution in [3.05, 3.63) is 28.8 Å². The van der Waals surface area contributed by atoms with Crippen LogP contribution in [0.3, 0.4) is 0 Å². The van der Waals surface area contributed by atoms with E-state index in [-0.39, 0.29) is 5.91 Å². The lowest BCUT2D eigenvalue weighted by atomic mass is 10.1. The Morgan fingerprint density at radius 2 is 2.28 bits per heavy atom. The van der Waals surface area contributed by atoms with E-state index >= 15 is 0 Å². The third-order valence-corrected chi connectivity index (χ3v) is 3.37. The van der Waals surface area contributed by atoms with E-state index in [1.54, 1.807) is 0 Å². The topological polar surface area (TPSA) is 44.4 Å². The van der Waals surface area contributed by atoms with Gasteiger partial charge in [0.1, 0.15) is 0 Å². The lowest BCUT2D eigenvalue weighted by Gasteiger charge is -2.26. The van der Waals surface area contributed by atoms with E-state index in [0.717, 1.165) is 23.8 Å². The first-order chi connectivity index (χ1) is 8.72. The molecule has 2 N–H and O–H groups in total. The van der Waals surface area contributed by atoms with Gasteiger partial charge in [-0.2, -0.15) is 0 Å². The minimum absolute atomic E-state index is 0.111. The Morgan fingerprint density at radius 3 is 3.06 bits per heavy atom. The molecule has 1 saturated heterocycles. The normalized spacial score (nSPS) is 16.3. The monoisotopic (exact) mass is 267 g/mol. The summed E-state index contributed by atoms with van der Waals surface area (Å²) in [5, 5.41) is 6.77. The zero-order chi connectivity index (χ0) is 13.0. The molecule has 1 aliphatic rings. The lowest BCUT2D eigenvalue weighted by Crippen LogP contribution is -2.29. The molecular weight excluding hydrogens is 250 g/mol. The van der Waals surface area contributed by atoms with Gasteiger partial charge in [-0.3, -0.25) is 4.79 Å². The van der Waals surface area contributed by atoms with Crippen LogP contribution in [0.5, 0.6) is 0 Å². The van der Waals surface area contributed by atoms with Crippen molar-refractivity contribution in [2.75, 3.05) is 31.6 Å². The molecule has 1 aromatic rings. The van der Waals surface area contributed by atoms with Gasteiger partial charge in [-0.25, -0.2) is 0 Å². The Kier molecular flexibility index (Phi) is 4.44. The van der Waals surface area contributed by atoms with Crippen molar-refractivity contribution in [1.29, 1.82) is 0 Å². The smallest absolute Gasteiger partial charge is 0.221 e. The van der Waals surface area contributed by atoms with Crippen LogP contribution in [0, 0.1) is 0 Å². The van der Waals surface area contributed by atoms with Crippen molar-refractivity contribution in [1.82, 2.24) is 10.6 Å². The number of hydrogen-bond donors (Lipinski definition) is 2. The van der Waals surface area contributed by atoms with Crippen LogP contribution in [0.4, 0.5) is 5.69 Å². The van der Waals surface area contributed by atoms with Crippen LogP contribution in [0.15, 0.2) is 18.2 Å². The lowest BCUT2D eigenvalue weighted by molar-refractivity contribution is -0.120. The number of carbonyl (C=O) groups is 1. The van der Waals surface area contributed by atoms with Gasteiger partial charge in [0, 0.05) is 32.6 Å². The Bertz CT molecular complexity index is 436. The average Bonchev–Trinajstić information content (AvgIpc) is 2.55. The molecule has 0 aliphatic carbocycles. The third kappa shape index (κ3) is 2.94. The van der Waals surface area contributed by atoms with Gasteiger partial charge < -0.3 is 15.5 Å². The first-order valence-corrected chi connectivity index (χ1v) is 6.54. The summed E-state index contributed by atoms with van der Waals surface area (Å²) in [5.41, 5.74) is 2.21. The molecule has 0 aromatic heterocycles. The number of para-hydroxylation sites is 1. The second-order valence-corrected chi connectivity index (χ2v) is 4.77. The summed E-state index contributed by atoms with van der Waals surface area (Å²) < 4.78 is 0. The maximum Gasteiger partial charge on any atom is 0.221 e. The van der Waals surface area contributed by atoms with Crippen molar-refractivity contribution >= 4 is 23.2 Å². The molecule has 0 spiro atoms. The number of benzene rings is 1. The maximum absolute atomic E-state index is 11.4. The number of nitrogens with one attached hydrogen (secondary N) is 2. The van der Waals surface area contributed by atoms with E-state index in [2.05, 4.69) is 21.6 Å². The fraction of sp³-hybridized carbons (Fsp3) is 0.462. The standard InChI is InChI=1S/C13H18ClN3O/c1-15-9-10-3-2-4-11(14)13(10)17-7-5-12(18)16-6-8-17/h2-4,15H,5-9H2,1H3,(H,16,18). The molecule has 0 bridgehead atoms. The number of halogens is 1. The SMILES string of the molecule is CNCc1cccc(Cl)c1N1CCNC(=O)CC1. The van der Waals surface area contributed by atoms with Crippen molar-refractivity contribution in [3.63, 3.8) is 0 Å². The fourth-order valence-electron chi connectivity index (χ4n) is 2.24. The van der Waals surface area contributed by atoms with Crippen LogP contribution in [-0.4, -0.2) is 32.6 Å². The van der Waals surface area contributed by atoms with Crippen LogP contribution in [-0.2, 0) is 11.3 Å². The number of rotatable bonds is 3. The fourth-order valence-corrected chi connectivity index (χ4v) is 2.55. The zero-order valence-electron chi connectivity index (χ0n) is 10.5. The molecular formula is C13H18ClN3O. The van der Waals surface area contributed by atoms with Crippen molar-refractivity contribution in [2.45, 2.75) is 13.0 Å². The Hall–Kier alpha value is -1.26. The Morgan fingerprint density at radius 1 is 1.44 bits per heavy atom. The summed E-state index contributed by atoms with van der Waals surface area (Å²) in [4.78, 5) is 13.6. The zero-order valence-corrected chi connectivity index (χ0v) is 11.3. The van der Waals surface area contributed by atoms with Crippen LogP contribution < -0.4 is 15.5 Å². The van der Waals surface area contributed by atoms with E-state index in [1.165, 1.54) is 5.56 Å². The molecule has 1 aromatic carbocycles. The summed E-state index contributed by atoms with van der Waals surface area (Å²) in [6.45, 7) is 2.95. The minimum atomic E-state index is 0.111. The van der Waals surface area contributed by atoms with Crippen molar-refractivity contribution in [2.24, 2.45) is 0 Å². The highest BCUT2D eigenvalue weighted by atomic mass is 35.5. The first-order valence-electron chi connectivity index (χ1n) is 6.16. The molecule has 4 nitrogen and oxygen atoms in total. The number of nitrogens with zero attached hydrogens (tertiary/aromatic N) is 1. The van der Waals surface area contributed by atoms with E-state index < -0.39 is 0 Å². The second kappa shape index (κ2) is 6.07. The molecule has 1 amide bonds. The predicted octanol–water partition coefficient (Wildman–Crippen LogP) is 1.39. The van der Waals surface area contributed by atoms with Crippen molar-refractivity contribution < 1.29 is 4.79 Å². The highest BCUT2D eigenvalue weighted by Gasteiger charge is 2.18. The summed E-state index contributed by atoms with van der Waals surface area (Å²) in [7, 11) is 1.91. The Balaban J connectivity index is 2.27. The molecule has 0 unspecified atom stereocenters. The number of hydrogen-bond acceptors (Lipinski definition) is 3. The van der Waals surface area contributed by atoms with Crippen LogP contribution >= 0.6 is 11.6 Å². The van der Waals surface area contributed by atoms with Gasteiger partial charge in [-0.1, -0.05) is 23.7 Å². The summed E-state index contributed by atoms with van der Waals surface area (Å²) in [6.07, 6.45) is 0.518. The van der Waals surface area contributed by atoms with Gasteiger partial charge in [0.25, 0.3) is 0 Å². The molecule has 98 valence electrons. The van der Waals surface area contributed by atoms with Gasteiger partial charge in [0.2, 0.25) is 5.91 Å².